The van der Waals surface area contributed by atoms with Gasteiger partial charge in [-0.25, -0.2) is 0 Å². The number of anilines is 1. The molecular weight excluding hydrogens is 280 g/mol. The molecule has 0 aliphatic heterocycles. The average Bonchev–Trinajstić information content (AvgIpc) is 2.32. The molecule has 0 unspecified atom stereocenters. The minimum atomic E-state index is -0.538. The maximum Gasteiger partial charge on any atom is 0.249 e. The van der Waals surface area contributed by atoms with Crippen LogP contribution in [0.1, 0.15) is 15.9 Å². The molecule has 0 saturated heterocycles. The molecule has 0 bridgehead atoms. The number of amides is 1. The molecule has 0 heterocycles. The van der Waals surface area contributed by atoms with Gasteiger partial charge in [-0.2, -0.15) is 0 Å². The molecule has 3 nitrogen and oxygen atoms in total. The van der Waals surface area contributed by atoms with Crippen LogP contribution in [0.4, 0.5) is 5.69 Å². The number of carbonyl (C=O) groups excluding carboxylic acids is 1. The van der Waals surface area contributed by atoms with Gasteiger partial charge in [0.05, 0.1) is 10.6 Å². The van der Waals surface area contributed by atoms with Gasteiger partial charge >= 0.3 is 0 Å². The average molecular weight is 293 g/mol. The summed E-state index contributed by atoms with van der Waals surface area (Å²) in [6.45, 7) is 2.00. The molecule has 0 saturated carbocycles. The summed E-state index contributed by atoms with van der Waals surface area (Å²) < 4.78 is 0. The van der Waals surface area contributed by atoms with Crippen molar-refractivity contribution in [2.45, 2.75) is 16.7 Å². The minimum absolute atomic E-state index is 0.344. The van der Waals surface area contributed by atoms with Gasteiger partial charge in [0.2, 0.25) is 5.91 Å². The molecule has 0 spiro atoms. The fourth-order valence-corrected chi connectivity index (χ4v) is 3.09. The van der Waals surface area contributed by atoms with Crippen LogP contribution >= 0.6 is 23.4 Å². The largest absolute Gasteiger partial charge is 0.399 e. The van der Waals surface area contributed by atoms with Crippen molar-refractivity contribution in [2.75, 3.05) is 5.73 Å². The third-order valence-electron chi connectivity index (χ3n) is 2.54. The van der Waals surface area contributed by atoms with E-state index in [0.717, 1.165) is 10.5 Å². The van der Waals surface area contributed by atoms with Crippen molar-refractivity contribution in [1.82, 2.24) is 0 Å². The highest BCUT2D eigenvalue weighted by Crippen LogP contribution is 2.37. The Morgan fingerprint density at radius 3 is 2.63 bits per heavy atom. The maximum atomic E-state index is 11.5. The van der Waals surface area contributed by atoms with Crippen LogP contribution in [0.25, 0.3) is 0 Å². The van der Waals surface area contributed by atoms with E-state index in [1.54, 1.807) is 12.1 Å². The lowest BCUT2D eigenvalue weighted by molar-refractivity contribution is 0.0997. The van der Waals surface area contributed by atoms with E-state index in [1.165, 1.54) is 11.8 Å². The van der Waals surface area contributed by atoms with Crippen LogP contribution in [0.2, 0.25) is 5.02 Å². The molecule has 0 radical (unpaired) electrons. The number of primary amides is 1. The number of hydrogen-bond donors (Lipinski definition) is 2. The molecular formula is C14H13ClN2OS. The molecule has 2 rings (SSSR count). The fraction of sp³-hybridized carbons (Fsp3) is 0.0714. The molecule has 0 aromatic heterocycles. The number of hydrogen-bond acceptors (Lipinski definition) is 3. The van der Waals surface area contributed by atoms with Crippen molar-refractivity contribution in [1.29, 1.82) is 0 Å². The van der Waals surface area contributed by atoms with E-state index in [9.17, 15) is 4.79 Å². The molecule has 98 valence electrons. The number of carbonyl (C=O) groups is 1. The smallest absolute Gasteiger partial charge is 0.249 e. The quantitative estimate of drug-likeness (QED) is 0.851. The summed E-state index contributed by atoms with van der Waals surface area (Å²) in [4.78, 5) is 13.1. The van der Waals surface area contributed by atoms with Crippen molar-refractivity contribution in [3.63, 3.8) is 0 Å². The second-order valence-electron chi connectivity index (χ2n) is 4.16. The van der Waals surface area contributed by atoms with Crippen LogP contribution in [0, 0.1) is 6.92 Å². The molecule has 2 aromatic carbocycles. The number of aryl methyl sites for hydroxylation is 1. The highest BCUT2D eigenvalue weighted by atomic mass is 35.5. The van der Waals surface area contributed by atoms with E-state index in [1.807, 2.05) is 31.2 Å². The highest BCUT2D eigenvalue weighted by Gasteiger charge is 2.14. The van der Waals surface area contributed by atoms with Gasteiger partial charge in [-0.3, -0.25) is 4.79 Å². The normalized spacial score (nSPS) is 10.4. The number of benzene rings is 2. The third-order valence-corrected chi connectivity index (χ3v) is 4.08. The minimum Gasteiger partial charge on any atom is -0.399 e. The Balaban J connectivity index is 2.47. The number of halogens is 1. The van der Waals surface area contributed by atoms with E-state index in [4.69, 9.17) is 23.1 Å². The van der Waals surface area contributed by atoms with Gasteiger partial charge in [0.25, 0.3) is 0 Å². The fourth-order valence-electron chi connectivity index (χ4n) is 1.70. The van der Waals surface area contributed by atoms with Gasteiger partial charge in [-0.05, 0) is 31.2 Å². The first-order valence-corrected chi connectivity index (χ1v) is 6.80. The van der Waals surface area contributed by atoms with E-state index in [2.05, 4.69) is 0 Å². The van der Waals surface area contributed by atoms with Crippen molar-refractivity contribution in [2.24, 2.45) is 5.73 Å². The summed E-state index contributed by atoms with van der Waals surface area (Å²) in [5.41, 5.74) is 13.0. The maximum absolute atomic E-state index is 11.5. The van der Waals surface area contributed by atoms with Gasteiger partial charge in [0, 0.05) is 15.5 Å². The lowest BCUT2D eigenvalue weighted by Gasteiger charge is -2.10. The van der Waals surface area contributed by atoms with Crippen LogP contribution in [0.3, 0.4) is 0 Å². The number of rotatable bonds is 3. The van der Waals surface area contributed by atoms with E-state index in [-0.39, 0.29) is 0 Å². The topological polar surface area (TPSA) is 69.1 Å². The second-order valence-corrected chi connectivity index (χ2v) is 5.65. The standard InChI is InChI=1S/C14H13ClN2OS/c1-8-3-2-4-10(5-8)19-13-11(14(17)18)6-9(16)7-12(13)15/h2-7H,16H2,1H3,(H2,17,18). The Morgan fingerprint density at radius 2 is 2.00 bits per heavy atom. The van der Waals surface area contributed by atoms with Gasteiger partial charge < -0.3 is 11.5 Å². The summed E-state index contributed by atoms with van der Waals surface area (Å²) in [6.07, 6.45) is 0. The zero-order chi connectivity index (χ0) is 14.0. The number of nitrogen functional groups attached to an aromatic ring is 1. The summed E-state index contributed by atoms with van der Waals surface area (Å²) in [7, 11) is 0. The zero-order valence-electron chi connectivity index (χ0n) is 10.3. The Kier molecular flexibility index (Phi) is 4.02. The first kappa shape index (κ1) is 13.8. The van der Waals surface area contributed by atoms with Gasteiger partial charge in [-0.15, -0.1) is 0 Å². The van der Waals surface area contributed by atoms with Gasteiger partial charge in [0.15, 0.2) is 0 Å². The molecule has 0 fully saturated rings. The molecule has 0 atom stereocenters. The molecule has 4 N–H and O–H groups in total. The van der Waals surface area contributed by atoms with Crippen molar-refractivity contribution >= 4 is 35.0 Å². The highest BCUT2D eigenvalue weighted by molar-refractivity contribution is 7.99. The van der Waals surface area contributed by atoms with E-state index < -0.39 is 5.91 Å². The molecule has 2 aromatic rings. The van der Waals surface area contributed by atoms with Gasteiger partial charge in [0.1, 0.15) is 0 Å². The Hall–Kier alpha value is -1.65. The number of nitrogens with two attached hydrogens (primary N) is 2. The van der Waals surface area contributed by atoms with Crippen LogP contribution in [-0.4, -0.2) is 5.91 Å². The summed E-state index contributed by atoms with van der Waals surface area (Å²) in [5.74, 6) is -0.538. The lowest BCUT2D eigenvalue weighted by atomic mass is 10.2. The Morgan fingerprint density at radius 1 is 1.26 bits per heavy atom. The van der Waals surface area contributed by atoms with E-state index >= 15 is 0 Å². The van der Waals surface area contributed by atoms with E-state index in [0.29, 0.717) is 21.2 Å². The zero-order valence-corrected chi connectivity index (χ0v) is 11.9. The van der Waals surface area contributed by atoms with Gasteiger partial charge in [-0.1, -0.05) is 41.1 Å². The Bertz CT molecular complexity index is 643. The van der Waals surface area contributed by atoms with Crippen molar-refractivity contribution in [3.05, 3.63) is 52.5 Å². The first-order valence-electron chi connectivity index (χ1n) is 5.60. The molecule has 19 heavy (non-hydrogen) atoms. The van der Waals surface area contributed by atoms with Crippen LogP contribution in [0.5, 0.6) is 0 Å². The molecule has 5 heteroatoms. The first-order chi connectivity index (χ1) is 8.97. The predicted molar refractivity (Wildman–Crippen MR) is 79.7 cm³/mol. The van der Waals surface area contributed by atoms with Crippen LogP contribution in [-0.2, 0) is 0 Å². The summed E-state index contributed by atoms with van der Waals surface area (Å²) in [5, 5.41) is 0.431. The molecule has 0 aliphatic carbocycles. The van der Waals surface area contributed by atoms with Crippen LogP contribution < -0.4 is 11.5 Å². The van der Waals surface area contributed by atoms with Crippen molar-refractivity contribution in [3.8, 4) is 0 Å². The molecule has 0 aliphatic rings. The lowest BCUT2D eigenvalue weighted by Crippen LogP contribution is -2.13. The SMILES string of the molecule is Cc1cccc(Sc2c(Cl)cc(N)cc2C(N)=O)c1. The second kappa shape index (κ2) is 5.55. The van der Waals surface area contributed by atoms with Crippen LogP contribution in [0.15, 0.2) is 46.2 Å². The predicted octanol–water partition coefficient (Wildman–Crippen LogP) is 3.48. The molecule has 1 amide bonds. The summed E-state index contributed by atoms with van der Waals surface area (Å²) in [6, 6.07) is 11.1. The monoisotopic (exact) mass is 292 g/mol. The third kappa shape index (κ3) is 3.22. The Labute approximate surface area is 120 Å². The van der Waals surface area contributed by atoms with Crippen molar-refractivity contribution < 1.29 is 4.79 Å². The summed E-state index contributed by atoms with van der Waals surface area (Å²) >= 11 is 7.56.